The molecule has 0 bridgehead atoms. The van der Waals surface area contributed by atoms with Gasteiger partial charge in [-0.2, -0.15) is 4.73 Å². The van der Waals surface area contributed by atoms with Gasteiger partial charge >= 0.3 is 0 Å². The highest BCUT2D eigenvalue weighted by molar-refractivity contribution is 7.92. The largest absolute Gasteiger partial charge is 0.618 e. The quantitative estimate of drug-likeness (QED) is 0.258. The molecule has 0 aliphatic rings. The van der Waals surface area contributed by atoms with Gasteiger partial charge in [-0.3, -0.25) is 9.52 Å². The van der Waals surface area contributed by atoms with Crippen molar-refractivity contribution in [3.8, 4) is 0 Å². The number of pyridine rings is 1. The van der Waals surface area contributed by atoms with E-state index in [9.17, 15) is 18.4 Å². The third-order valence-electron chi connectivity index (χ3n) is 4.37. The molecule has 0 fully saturated rings. The minimum atomic E-state index is -3.89. The summed E-state index contributed by atoms with van der Waals surface area (Å²) in [5, 5.41) is 12.1. The second kappa shape index (κ2) is 14.9. The summed E-state index contributed by atoms with van der Waals surface area (Å²) in [7, 11) is -3.89. The van der Waals surface area contributed by atoms with Gasteiger partial charge in [-0.25, -0.2) is 8.42 Å². The van der Waals surface area contributed by atoms with Gasteiger partial charge in [0.2, 0.25) is 0 Å². The van der Waals surface area contributed by atoms with E-state index in [-0.39, 0.29) is 21.8 Å². The standard InChI is InChI=1S/C21H20N2O4S.3C2H6/c1-14-6-9-17(10-7-14)28(26,27)22-19-11-8-15(2)13-18(19)21(24)20-16(3)5-4-12-23(20)25;3*1-2/h4-13,22H,1-3H3;3*1-2H3. The van der Waals surface area contributed by atoms with Crippen LogP contribution in [0.25, 0.3) is 0 Å². The lowest BCUT2D eigenvalue weighted by Crippen LogP contribution is -2.35. The molecule has 0 radical (unpaired) electrons. The van der Waals surface area contributed by atoms with Crippen molar-refractivity contribution in [1.29, 1.82) is 0 Å². The second-order valence-electron chi connectivity index (χ2n) is 6.66. The van der Waals surface area contributed by atoms with Crippen LogP contribution in [0.15, 0.2) is 65.7 Å². The number of carbonyl (C=O) groups excluding carboxylic acids is 1. The Kier molecular flexibility index (Phi) is 13.5. The molecule has 0 amide bonds. The minimum Gasteiger partial charge on any atom is -0.618 e. The van der Waals surface area contributed by atoms with Crippen molar-refractivity contribution < 1.29 is 17.9 Å². The van der Waals surface area contributed by atoms with Crippen molar-refractivity contribution in [3.05, 3.63) is 93.9 Å². The van der Waals surface area contributed by atoms with Crippen molar-refractivity contribution in [2.24, 2.45) is 0 Å². The molecule has 1 heterocycles. The Labute approximate surface area is 205 Å². The molecule has 0 spiro atoms. The van der Waals surface area contributed by atoms with Gasteiger partial charge in [0.05, 0.1) is 16.1 Å². The fourth-order valence-electron chi connectivity index (χ4n) is 2.86. The molecule has 0 saturated heterocycles. The summed E-state index contributed by atoms with van der Waals surface area (Å²) in [4.78, 5) is 13.2. The second-order valence-corrected chi connectivity index (χ2v) is 8.34. The Bertz CT molecular complexity index is 1140. The molecule has 3 rings (SSSR count). The number of aromatic nitrogens is 1. The van der Waals surface area contributed by atoms with E-state index in [4.69, 9.17) is 0 Å². The van der Waals surface area contributed by atoms with E-state index in [0.29, 0.717) is 10.3 Å². The molecule has 0 unspecified atom stereocenters. The number of aryl methyl sites for hydroxylation is 3. The summed E-state index contributed by atoms with van der Waals surface area (Å²) in [5.41, 5.74) is 2.42. The van der Waals surface area contributed by atoms with Crippen molar-refractivity contribution in [2.75, 3.05) is 4.72 Å². The molecule has 0 aliphatic heterocycles. The zero-order valence-corrected chi connectivity index (χ0v) is 22.6. The van der Waals surface area contributed by atoms with Gasteiger partial charge in [0, 0.05) is 11.6 Å². The van der Waals surface area contributed by atoms with E-state index >= 15 is 0 Å². The van der Waals surface area contributed by atoms with Crippen molar-refractivity contribution in [3.63, 3.8) is 0 Å². The van der Waals surface area contributed by atoms with Crippen LogP contribution in [0.2, 0.25) is 0 Å². The molecular weight excluding hydrogens is 448 g/mol. The highest BCUT2D eigenvalue weighted by Gasteiger charge is 2.25. The third kappa shape index (κ3) is 7.99. The summed E-state index contributed by atoms with van der Waals surface area (Å²) in [6.07, 6.45) is 1.24. The average molecular weight is 487 g/mol. The lowest BCUT2D eigenvalue weighted by atomic mass is 10.0. The van der Waals surface area contributed by atoms with E-state index in [0.717, 1.165) is 11.1 Å². The van der Waals surface area contributed by atoms with Gasteiger partial charge in [-0.05, 0) is 51.1 Å². The average Bonchev–Trinajstić information content (AvgIpc) is 2.84. The molecule has 0 atom stereocenters. The number of hydrogen-bond acceptors (Lipinski definition) is 4. The van der Waals surface area contributed by atoms with E-state index in [1.54, 1.807) is 50.2 Å². The number of nitrogens with zero attached hydrogens (tertiary/aromatic N) is 1. The zero-order chi connectivity index (χ0) is 26.5. The first-order chi connectivity index (χ1) is 16.2. The summed E-state index contributed by atoms with van der Waals surface area (Å²) in [6, 6.07) is 14.4. The molecule has 6 nitrogen and oxygen atoms in total. The molecule has 1 aromatic heterocycles. The SMILES string of the molecule is CC.CC.CC.Cc1ccc(S(=O)(=O)Nc2ccc(C)cc2C(=O)c2c(C)ccc[n+]2[O-])cc1. The predicted molar refractivity (Wildman–Crippen MR) is 141 cm³/mol. The first-order valence-electron chi connectivity index (χ1n) is 11.6. The molecule has 0 aliphatic carbocycles. The van der Waals surface area contributed by atoms with Gasteiger partial charge in [0.15, 0.2) is 6.20 Å². The number of benzene rings is 2. The normalized spacial score (nSPS) is 9.79. The van der Waals surface area contributed by atoms with Crippen LogP contribution in [-0.4, -0.2) is 14.2 Å². The van der Waals surface area contributed by atoms with Crippen LogP contribution < -0.4 is 9.45 Å². The van der Waals surface area contributed by atoms with E-state index in [1.807, 2.05) is 48.5 Å². The van der Waals surface area contributed by atoms with Crippen LogP contribution in [0.3, 0.4) is 0 Å². The fourth-order valence-corrected chi connectivity index (χ4v) is 3.94. The Morgan fingerprint density at radius 1 is 0.824 bits per heavy atom. The zero-order valence-electron chi connectivity index (χ0n) is 21.8. The van der Waals surface area contributed by atoms with Crippen LogP contribution in [0.4, 0.5) is 5.69 Å². The van der Waals surface area contributed by atoms with Crippen molar-refractivity contribution in [1.82, 2.24) is 0 Å². The Hall–Kier alpha value is -3.19. The highest BCUT2D eigenvalue weighted by Crippen LogP contribution is 2.24. The van der Waals surface area contributed by atoms with Crippen LogP contribution in [0, 0.1) is 26.0 Å². The first kappa shape index (κ1) is 30.8. The Balaban J connectivity index is 0.00000168. The summed E-state index contributed by atoms with van der Waals surface area (Å²) in [5.74, 6) is -0.543. The monoisotopic (exact) mass is 486 g/mol. The lowest BCUT2D eigenvalue weighted by Gasteiger charge is -2.13. The smallest absolute Gasteiger partial charge is 0.267 e. The summed E-state index contributed by atoms with van der Waals surface area (Å²) < 4.78 is 28.5. The Morgan fingerprint density at radius 3 is 1.88 bits per heavy atom. The molecule has 7 heteroatoms. The van der Waals surface area contributed by atoms with Gasteiger partial charge in [0.1, 0.15) is 0 Å². The van der Waals surface area contributed by atoms with Crippen molar-refractivity contribution >= 4 is 21.5 Å². The number of carbonyl (C=O) groups is 1. The number of nitrogens with one attached hydrogen (secondary N) is 1. The van der Waals surface area contributed by atoms with Gasteiger partial charge < -0.3 is 5.21 Å². The predicted octanol–water partition coefficient (Wildman–Crippen LogP) is 6.36. The van der Waals surface area contributed by atoms with Crippen LogP contribution in [-0.2, 0) is 10.0 Å². The maximum Gasteiger partial charge on any atom is 0.267 e. The molecule has 1 N–H and O–H groups in total. The number of ketones is 1. The molecule has 3 aromatic rings. The minimum absolute atomic E-state index is 0.0381. The van der Waals surface area contributed by atoms with Gasteiger partial charge in [0.25, 0.3) is 21.5 Å². The number of anilines is 1. The topological polar surface area (TPSA) is 90.2 Å². The lowest BCUT2D eigenvalue weighted by molar-refractivity contribution is -0.607. The molecule has 0 saturated carbocycles. The summed E-state index contributed by atoms with van der Waals surface area (Å²) in [6.45, 7) is 17.3. The molecule has 34 heavy (non-hydrogen) atoms. The number of rotatable bonds is 5. The van der Waals surface area contributed by atoms with E-state index in [2.05, 4.69) is 4.72 Å². The molecular formula is C27H38N2O4S. The summed E-state index contributed by atoms with van der Waals surface area (Å²) >= 11 is 0. The van der Waals surface area contributed by atoms with E-state index in [1.165, 1.54) is 24.4 Å². The molecule has 2 aromatic carbocycles. The number of sulfonamides is 1. The van der Waals surface area contributed by atoms with E-state index < -0.39 is 15.8 Å². The van der Waals surface area contributed by atoms with Gasteiger partial charge in [-0.1, -0.05) is 70.9 Å². The highest BCUT2D eigenvalue weighted by atomic mass is 32.2. The third-order valence-corrected chi connectivity index (χ3v) is 5.75. The molecule has 186 valence electrons. The first-order valence-corrected chi connectivity index (χ1v) is 13.1. The maximum absolute atomic E-state index is 13.1. The fraction of sp³-hybridized carbons (Fsp3) is 0.333. The number of hydrogen-bond donors (Lipinski definition) is 1. The maximum atomic E-state index is 13.1. The van der Waals surface area contributed by atoms with Crippen molar-refractivity contribution in [2.45, 2.75) is 67.2 Å². The Morgan fingerprint density at radius 2 is 1.35 bits per heavy atom. The van der Waals surface area contributed by atoms with Crippen LogP contribution in [0.1, 0.15) is 74.3 Å². The van der Waals surface area contributed by atoms with Crippen LogP contribution in [0.5, 0.6) is 0 Å². The van der Waals surface area contributed by atoms with Gasteiger partial charge in [-0.15, -0.1) is 0 Å². The van der Waals surface area contributed by atoms with Crippen LogP contribution >= 0.6 is 0 Å².